The van der Waals surface area contributed by atoms with E-state index in [1.165, 1.54) is 12.1 Å². The molecule has 0 fully saturated rings. The van der Waals surface area contributed by atoms with Crippen LogP contribution in [0.3, 0.4) is 0 Å². The number of aliphatic imine (C=N–C) groups is 1. The van der Waals surface area contributed by atoms with Crippen LogP contribution in [0.4, 0.5) is 11.4 Å². The predicted molar refractivity (Wildman–Crippen MR) is 121 cm³/mol. The Morgan fingerprint density at radius 3 is 2.52 bits per heavy atom. The molecule has 0 atom stereocenters. The maximum Gasteiger partial charge on any atom is 0.269 e. The lowest BCUT2D eigenvalue weighted by molar-refractivity contribution is -0.384. The zero-order chi connectivity index (χ0) is 18.9. The van der Waals surface area contributed by atoms with Crippen LogP contribution in [0.1, 0.15) is 30.5 Å². The van der Waals surface area contributed by atoms with Gasteiger partial charge in [-0.15, -0.1) is 35.3 Å². The number of nitro groups is 1. The minimum absolute atomic E-state index is 0. The third kappa shape index (κ3) is 7.67. The fourth-order valence-electron chi connectivity index (χ4n) is 2.14. The van der Waals surface area contributed by atoms with Crippen LogP contribution in [0.15, 0.2) is 34.6 Å². The van der Waals surface area contributed by atoms with Gasteiger partial charge in [0.15, 0.2) is 5.96 Å². The number of hydrogen-bond donors (Lipinski definition) is 3. The molecule has 0 bridgehead atoms. The zero-order valence-corrected chi connectivity index (χ0v) is 18.7. The fourth-order valence-corrected chi connectivity index (χ4v) is 3.04. The Labute approximate surface area is 180 Å². The molecule has 8 nitrogen and oxygen atoms in total. The van der Waals surface area contributed by atoms with Crippen molar-refractivity contribution in [2.24, 2.45) is 4.99 Å². The normalized spacial score (nSPS) is 11.0. The van der Waals surface area contributed by atoms with E-state index >= 15 is 0 Å². The van der Waals surface area contributed by atoms with Crippen molar-refractivity contribution in [3.63, 3.8) is 0 Å². The lowest BCUT2D eigenvalue weighted by Gasteiger charge is -2.12. The van der Waals surface area contributed by atoms with Gasteiger partial charge in [0.2, 0.25) is 0 Å². The van der Waals surface area contributed by atoms with E-state index in [4.69, 9.17) is 0 Å². The quantitative estimate of drug-likeness (QED) is 0.127. The van der Waals surface area contributed by atoms with Crippen LogP contribution in [-0.4, -0.2) is 36.0 Å². The van der Waals surface area contributed by atoms with E-state index < -0.39 is 4.92 Å². The second-order valence-corrected chi connectivity index (χ2v) is 6.85. The number of guanidine groups is 1. The molecular formula is C17H25IN6O2S. The van der Waals surface area contributed by atoms with Crippen molar-refractivity contribution < 1.29 is 4.92 Å². The molecule has 0 aliphatic rings. The molecule has 0 aliphatic heterocycles. The van der Waals surface area contributed by atoms with Crippen LogP contribution in [0, 0.1) is 10.1 Å². The van der Waals surface area contributed by atoms with Gasteiger partial charge in [-0.25, -0.2) is 4.98 Å². The minimum atomic E-state index is -0.409. The van der Waals surface area contributed by atoms with E-state index in [0.29, 0.717) is 31.5 Å². The van der Waals surface area contributed by atoms with Crippen LogP contribution in [-0.2, 0) is 6.54 Å². The van der Waals surface area contributed by atoms with Gasteiger partial charge < -0.3 is 16.0 Å². The first-order valence-corrected chi connectivity index (χ1v) is 9.24. The summed E-state index contributed by atoms with van der Waals surface area (Å²) < 4.78 is 0. The van der Waals surface area contributed by atoms with Gasteiger partial charge in [0.25, 0.3) is 5.69 Å². The van der Waals surface area contributed by atoms with E-state index in [0.717, 1.165) is 16.4 Å². The zero-order valence-electron chi connectivity index (χ0n) is 15.6. The Hall–Kier alpha value is -1.95. The average Bonchev–Trinajstić information content (AvgIpc) is 3.11. The minimum Gasteiger partial charge on any atom is -0.383 e. The standard InChI is InChI=1S/C17H24N6O2S.HI/c1-12(2)15-11-26-16(22-15)10-21-17(18-3)20-9-8-19-13-4-6-14(7-5-13)23(24)25;/h4-7,11-12,19H,8-10H2,1-3H3,(H2,18,20,21);1H. The average molecular weight is 504 g/mol. The Balaban J connectivity index is 0.00000364. The highest BCUT2D eigenvalue weighted by Gasteiger charge is 2.06. The number of hydrogen-bond acceptors (Lipinski definition) is 6. The highest BCUT2D eigenvalue weighted by molar-refractivity contribution is 14.0. The number of rotatable bonds is 8. The summed E-state index contributed by atoms with van der Waals surface area (Å²) in [5.41, 5.74) is 2.03. The molecule has 1 heterocycles. The first kappa shape index (κ1) is 23.1. The summed E-state index contributed by atoms with van der Waals surface area (Å²) in [4.78, 5) is 19.0. The molecular weight excluding hydrogens is 479 g/mol. The number of anilines is 1. The molecule has 0 saturated heterocycles. The summed E-state index contributed by atoms with van der Waals surface area (Å²) in [6.45, 7) is 6.21. The maximum atomic E-state index is 10.6. The molecule has 2 rings (SSSR count). The van der Waals surface area contributed by atoms with Gasteiger partial charge in [0.1, 0.15) is 5.01 Å². The fraction of sp³-hybridized carbons (Fsp3) is 0.412. The van der Waals surface area contributed by atoms with Crippen molar-refractivity contribution in [2.45, 2.75) is 26.3 Å². The van der Waals surface area contributed by atoms with E-state index in [2.05, 4.69) is 45.2 Å². The van der Waals surface area contributed by atoms with Crippen molar-refractivity contribution in [3.8, 4) is 0 Å². The second-order valence-electron chi connectivity index (χ2n) is 5.90. The van der Waals surface area contributed by atoms with Crippen molar-refractivity contribution in [1.29, 1.82) is 0 Å². The highest BCUT2D eigenvalue weighted by Crippen LogP contribution is 2.17. The molecule has 2 aromatic rings. The van der Waals surface area contributed by atoms with Crippen LogP contribution in [0.2, 0.25) is 0 Å². The molecule has 10 heteroatoms. The summed E-state index contributed by atoms with van der Waals surface area (Å²) in [6.07, 6.45) is 0. The molecule has 0 radical (unpaired) electrons. The number of non-ortho nitro benzene ring substituents is 1. The number of nitrogens with one attached hydrogen (secondary N) is 3. The van der Waals surface area contributed by atoms with Gasteiger partial charge in [-0.05, 0) is 18.1 Å². The summed E-state index contributed by atoms with van der Waals surface area (Å²) in [6, 6.07) is 6.35. The Kier molecular flexibility index (Phi) is 10.0. The van der Waals surface area contributed by atoms with E-state index in [1.54, 1.807) is 30.5 Å². The second kappa shape index (κ2) is 11.7. The lowest BCUT2D eigenvalue weighted by Crippen LogP contribution is -2.39. The van der Waals surface area contributed by atoms with Crippen molar-refractivity contribution >= 4 is 52.6 Å². The van der Waals surface area contributed by atoms with Crippen LogP contribution >= 0.6 is 35.3 Å². The van der Waals surface area contributed by atoms with Gasteiger partial charge >= 0.3 is 0 Å². The SMILES string of the molecule is CN=C(NCCNc1ccc([N+](=O)[O-])cc1)NCc1nc(C(C)C)cs1.I. The smallest absolute Gasteiger partial charge is 0.269 e. The molecule has 1 aromatic carbocycles. The summed E-state index contributed by atoms with van der Waals surface area (Å²) in [7, 11) is 1.72. The van der Waals surface area contributed by atoms with Crippen LogP contribution in [0.5, 0.6) is 0 Å². The van der Waals surface area contributed by atoms with Crippen molar-refractivity contribution in [1.82, 2.24) is 15.6 Å². The molecule has 1 aromatic heterocycles. The summed E-state index contributed by atoms with van der Waals surface area (Å²) in [5, 5.41) is 23.4. The highest BCUT2D eigenvalue weighted by atomic mass is 127. The molecule has 0 saturated carbocycles. The number of halogens is 1. The molecule has 0 amide bonds. The van der Waals surface area contributed by atoms with E-state index in [9.17, 15) is 10.1 Å². The molecule has 0 spiro atoms. The Bertz CT molecular complexity index is 748. The summed E-state index contributed by atoms with van der Waals surface area (Å²) >= 11 is 1.64. The van der Waals surface area contributed by atoms with E-state index in [1.807, 2.05) is 0 Å². The number of aromatic nitrogens is 1. The van der Waals surface area contributed by atoms with Gasteiger partial charge in [-0.3, -0.25) is 15.1 Å². The maximum absolute atomic E-state index is 10.6. The number of nitro benzene ring substituents is 1. The van der Waals surface area contributed by atoms with Crippen molar-refractivity contribution in [2.75, 3.05) is 25.5 Å². The van der Waals surface area contributed by atoms with Crippen LogP contribution < -0.4 is 16.0 Å². The lowest BCUT2D eigenvalue weighted by atomic mass is 10.2. The topological polar surface area (TPSA) is 104 Å². The van der Waals surface area contributed by atoms with Gasteiger partial charge in [0, 0.05) is 43.3 Å². The van der Waals surface area contributed by atoms with Crippen LogP contribution in [0.25, 0.3) is 0 Å². The molecule has 0 unspecified atom stereocenters. The first-order chi connectivity index (χ1) is 12.5. The molecule has 27 heavy (non-hydrogen) atoms. The number of thiazole rings is 1. The van der Waals surface area contributed by atoms with E-state index in [-0.39, 0.29) is 29.7 Å². The largest absolute Gasteiger partial charge is 0.383 e. The number of nitrogens with zero attached hydrogens (tertiary/aromatic N) is 3. The third-order valence-electron chi connectivity index (χ3n) is 3.62. The van der Waals surface area contributed by atoms with Gasteiger partial charge in [0.05, 0.1) is 17.2 Å². The summed E-state index contributed by atoms with van der Waals surface area (Å²) in [5.74, 6) is 1.14. The monoisotopic (exact) mass is 504 g/mol. The molecule has 148 valence electrons. The molecule has 3 N–H and O–H groups in total. The van der Waals surface area contributed by atoms with Gasteiger partial charge in [-0.1, -0.05) is 13.8 Å². The van der Waals surface area contributed by atoms with Crippen molar-refractivity contribution in [3.05, 3.63) is 50.5 Å². The third-order valence-corrected chi connectivity index (χ3v) is 4.48. The van der Waals surface area contributed by atoms with Gasteiger partial charge in [-0.2, -0.15) is 0 Å². The first-order valence-electron chi connectivity index (χ1n) is 8.36. The number of benzene rings is 1. The Morgan fingerprint density at radius 2 is 1.96 bits per heavy atom. The molecule has 0 aliphatic carbocycles. The predicted octanol–water partition coefficient (Wildman–Crippen LogP) is 3.57. The Morgan fingerprint density at radius 1 is 1.26 bits per heavy atom.